The van der Waals surface area contributed by atoms with E-state index in [4.69, 9.17) is 9.47 Å². The van der Waals surface area contributed by atoms with Crippen LogP contribution in [0.5, 0.6) is 0 Å². The zero-order valence-corrected chi connectivity index (χ0v) is 16.7. The Balaban J connectivity index is 2.92. The first-order chi connectivity index (χ1) is 12.3. The van der Waals surface area contributed by atoms with E-state index in [-0.39, 0.29) is 28.9 Å². The monoisotopic (exact) mass is 432 g/mol. The van der Waals surface area contributed by atoms with Crippen molar-refractivity contribution in [1.82, 2.24) is 0 Å². The van der Waals surface area contributed by atoms with Crippen LogP contribution < -0.4 is 15.0 Å². The third-order valence-electron chi connectivity index (χ3n) is 3.28. The van der Waals surface area contributed by atoms with Crippen LogP contribution in [0.15, 0.2) is 18.2 Å². The van der Waals surface area contributed by atoms with E-state index in [1.165, 1.54) is 12.1 Å². The van der Waals surface area contributed by atoms with Crippen LogP contribution in [0.4, 0.5) is 21.0 Å². The van der Waals surface area contributed by atoms with E-state index in [1.54, 1.807) is 0 Å². The van der Waals surface area contributed by atoms with Crippen molar-refractivity contribution in [3.05, 3.63) is 18.2 Å². The van der Waals surface area contributed by atoms with Gasteiger partial charge in [0.05, 0.1) is 0 Å². The first-order valence-electron chi connectivity index (χ1n) is 8.35. The van der Waals surface area contributed by atoms with E-state index in [0.717, 1.165) is 18.9 Å². The van der Waals surface area contributed by atoms with Crippen molar-refractivity contribution in [1.29, 1.82) is 0 Å². The molecule has 4 N–H and O–H groups in total. The second-order valence-corrected chi connectivity index (χ2v) is 8.87. The van der Waals surface area contributed by atoms with Crippen LogP contribution >= 0.6 is 0 Å². The molecule has 0 aliphatic carbocycles. The van der Waals surface area contributed by atoms with Gasteiger partial charge in [-0.25, -0.2) is 0 Å². The zero-order valence-electron chi connectivity index (χ0n) is 14.9. The molecule has 0 spiro atoms. The number of hydrogen-bond donors (Lipinski definition) is 4. The standard InChI is InChI=1S/C16H25AsN2O7/c1-3-5-9-25-15(20)18-13-8-7-12(17(22,23)24)11-14(13)19-16(21)26-10-6-4-2/h7-8,11H,3-6,9-10H2,1-2H3,(H,18,20)(H,19,21)(H2,22,23,24). The summed E-state index contributed by atoms with van der Waals surface area (Å²) in [6.45, 7) is 4.36. The van der Waals surface area contributed by atoms with Gasteiger partial charge < -0.3 is 0 Å². The molecule has 0 heterocycles. The topological polar surface area (TPSA) is 134 Å². The predicted molar refractivity (Wildman–Crippen MR) is 96.7 cm³/mol. The van der Waals surface area contributed by atoms with Gasteiger partial charge >= 0.3 is 155 Å². The Morgan fingerprint density at radius 2 is 1.46 bits per heavy atom. The number of ether oxygens (including phenoxy) is 2. The number of nitrogens with one attached hydrogen (secondary N) is 2. The number of carbonyl (C=O) groups is 2. The Hall–Kier alpha value is -1.96. The summed E-state index contributed by atoms with van der Waals surface area (Å²) < 4.78 is 39.9. The molecule has 0 radical (unpaired) electrons. The third kappa shape index (κ3) is 7.95. The van der Waals surface area contributed by atoms with E-state index in [1.807, 2.05) is 13.8 Å². The molecule has 0 unspecified atom stereocenters. The van der Waals surface area contributed by atoms with Gasteiger partial charge in [0.25, 0.3) is 0 Å². The fraction of sp³-hybridized carbons (Fsp3) is 0.500. The van der Waals surface area contributed by atoms with Gasteiger partial charge in [0, 0.05) is 0 Å². The Labute approximate surface area is 155 Å². The molecule has 0 aromatic heterocycles. The number of anilines is 2. The SMILES string of the molecule is CCCCOC(=O)Nc1ccc([As](=O)(O)O)cc1NC(=O)OCCCC. The molecule has 26 heavy (non-hydrogen) atoms. The minimum atomic E-state index is -5.17. The van der Waals surface area contributed by atoms with E-state index in [9.17, 15) is 21.5 Å². The van der Waals surface area contributed by atoms with Gasteiger partial charge in [-0.3, -0.25) is 0 Å². The summed E-state index contributed by atoms with van der Waals surface area (Å²) >= 11 is -5.17. The first kappa shape index (κ1) is 22.1. The van der Waals surface area contributed by atoms with Crippen LogP contribution in [0, 0.1) is 0 Å². The number of carbonyl (C=O) groups excluding carboxylic acids is 2. The second-order valence-electron chi connectivity index (χ2n) is 5.50. The number of rotatable bonds is 9. The van der Waals surface area contributed by atoms with E-state index in [2.05, 4.69) is 10.6 Å². The molecule has 0 saturated carbocycles. The Morgan fingerprint density at radius 1 is 0.962 bits per heavy atom. The quantitative estimate of drug-likeness (QED) is 0.346. The van der Waals surface area contributed by atoms with Crippen molar-refractivity contribution in [3.63, 3.8) is 0 Å². The summed E-state index contributed by atoms with van der Waals surface area (Å²) in [5.41, 5.74) is 0.160. The molecule has 146 valence electrons. The van der Waals surface area contributed by atoms with E-state index >= 15 is 0 Å². The molecule has 1 rings (SSSR count). The van der Waals surface area contributed by atoms with Crippen LogP contribution in [-0.4, -0.2) is 47.8 Å². The van der Waals surface area contributed by atoms with Crippen molar-refractivity contribution in [2.45, 2.75) is 39.5 Å². The van der Waals surface area contributed by atoms with Crippen LogP contribution in [0.3, 0.4) is 0 Å². The van der Waals surface area contributed by atoms with Gasteiger partial charge in [-0.2, -0.15) is 0 Å². The van der Waals surface area contributed by atoms with Gasteiger partial charge in [-0.15, -0.1) is 0 Å². The van der Waals surface area contributed by atoms with Crippen LogP contribution in [0.1, 0.15) is 39.5 Å². The van der Waals surface area contributed by atoms with Gasteiger partial charge in [0.1, 0.15) is 0 Å². The van der Waals surface area contributed by atoms with Gasteiger partial charge in [0.15, 0.2) is 0 Å². The normalized spacial score (nSPS) is 10.9. The number of unbranched alkanes of at least 4 members (excludes halogenated alkanes) is 2. The van der Waals surface area contributed by atoms with E-state index < -0.39 is 26.4 Å². The third-order valence-corrected chi connectivity index (χ3v) is 5.27. The molecule has 0 atom stereocenters. The van der Waals surface area contributed by atoms with Gasteiger partial charge in [-0.05, 0) is 0 Å². The van der Waals surface area contributed by atoms with Crippen molar-refractivity contribution < 1.29 is 31.0 Å². The summed E-state index contributed by atoms with van der Waals surface area (Å²) in [4.78, 5) is 23.6. The fourth-order valence-corrected chi connectivity index (χ4v) is 3.02. The average Bonchev–Trinajstić information content (AvgIpc) is 2.56. The number of benzene rings is 1. The number of amides is 2. The predicted octanol–water partition coefficient (Wildman–Crippen LogP) is 1.94. The van der Waals surface area contributed by atoms with Gasteiger partial charge in [-0.1, -0.05) is 0 Å². The molecule has 0 fully saturated rings. The average molecular weight is 432 g/mol. The first-order valence-corrected chi connectivity index (χ1v) is 11.7. The molecule has 10 heteroatoms. The summed E-state index contributed by atoms with van der Waals surface area (Å²) in [5.74, 6) is 0. The summed E-state index contributed by atoms with van der Waals surface area (Å²) in [6, 6.07) is 3.59. The summed E-state index contributed by atoms with van der Waals surface area (Å²) in [5, 5.41) is 4.83. The van der Waals surface area contributed by atoms with Crippen molar-refractivity contribution in [2.24, 2.45) is 0 Å². The molecule has 9 nitrogen and oxygen atoms in total. The molecule has 0 aliphatic rings. The summed E-state index contributed by atoms with van der Waals surface area (Å²) in [7, 11) is 0. The maximum atomic E-state index is 11.8. The molecule has 0 aliphatic heterocycles. The maximum absolute atomic E-state index is 11.8. The van der Waals surface area contributed by atoms with Gasteiger partial charge in [0.2, 0.25) is 0 Å². The van der Waals surface area contributed by atoms with E-state index in [0.29, 0.717) is 12.8 Å². The summed E-state index contributed by atoms with van der Waals surface area (Å²) in [6.07, 6.45) is 1.60. The number of hydrogen-bond acceptors (Lipinski definition) is 5. The zero-order chi connectivity index (χ0) is 19.6. The molecule has 2 amide bonds. The Morgan fingerprint density at radius 3 is 1.92 bits per heavy atom. The molecular weight excluding hydrogens is 407 g/mol. The second kappa shape index (κ2) is 10.9. The Kier molecular flexibility index (Phi) is 9.26. The molecule has 1 aromatic rings. The molecule has 1 aromatic carbocycles. The van der Waals surface area contributed by atoms with Crippen molar-refractivity contribution in [3.8, 4) is 0 Å². The van der Waals surface area contributed by atoms with Crippen LogP contribution in [0.25, 0.3) is 0 Å². The molecule has 0 saturated heterocycles. The molecule has 0 bridgehead atoms. The Bertz CT molecular complexity index is 660. The van der Waals surface area contributed by atoms with Crippen molar-refractivity contribution >= 4 is 42.1 Å². The van der Waals surface area contributed by atoms with Crippen LogP contribution in [0.2, 0.25) is 0 Å². The fourth-order valence-electron chi connectivity index (χ4n) is 1.84. The van der Waals surface area contributed by atoms with Crippen LogP contribution in [-0.2, 0) is 13.2 Å². The molecular formula is C16H25AsN2O7. The minimum absolute atomic E-state index is 0.0150. The van der Waals surface area contributed by atoms with Crippen molar-refractivity contribution in [2.75, 3.05) is 23.8 Å².